The second-order valence-corrected chi connectivity index (χ2v) is 6.65. The molecule has 1 aromatic heterocycles. The van der Waals surface area contributed by atoms with Crippen molar-refractivity contribution in [3.63, 3.8) is 0 Å². The van der Waals surface area contributed by atoms with Gasteiger partial charge in [-0.3, -0.25) is 4.98 Å². The van der Waals surface area contributed by atoms with E-state index in [4.69, 9.17) is 14.6 Å². The highest BCUT2D eigenvalue weighted by Crippen LogP contribution is 2.19. The fourth-order valence-electron chi connectivity index (χ4n) is 3.15. The third-order valence-electron chi connectivity index (χ3n) is 4.73. The van der Waals surface area contributed by atoms with E-state index in [1.807, 2.05) is 12.1 Å². The Hall–Kier alpha value is -3.03. The van der Waals surface area contributed by atoms with Crippen LogP contribution in [0.5, 0.6) is 5.75 Å². The maximum absolute atomic E-state index is 13.0. The van der Waals surface area contributed by atoms with Crippen molar-refractivity contribution in [1.82, 2.24) is 4.98 Å². The topological polar surface area (TPSA) is 85.7 Å². The van der Waals surface area contributed by atoms with E-state index in [-0.39, 0.29) is 17.0 Å². The van der Waals surface area contributed by atoms with Gasteiger partial charge in [0.25, 0.3) is 0 Å². The summed E-state index contributed by atoms with van der Waals surface area (Å²) in [6.07, 6.45) is 6.07. The van der Waals surface area contributed by atoms with Crippen LogP contribution in [0.25, 0.3) is 6.08 Å². The molecule has 0 unspecified atom stereocenters. The van der Waals surface area contributed by atoms with Crippen molar-refractivity contribution in [2.24, 2.45) is 0 Å². The number of aromatic nitrogens is 1. The summed E-state index contributed by atoms with van der Waals surface area (Å²) >= 11 is 0. The molecule has 1 amide bonds. The summed E-state index contributed by atoms with van der Waals surface area (Å²) < 4.78 is 11.4. The van der Waals surface area contributed by atoms with Crippen LogP contribution in [0, 0.1) is 0 Å². The molecule has 1 saturated heterocycles. The minimum absolute atomic E-state index is 0.00185. The Kier molecular flexibility index (Phi) is 6.52. The zero-order valence-electron chi connectivity index (χ0n) is 15.5. The second kappa shape index (κ2) is 9.25. The first-order valence-electron chi connectivity index (χ1n) is 9.07. The molecule has 0 aliphatic carbocycles. The van der Waals surface area contributed by atoms with E-state index in [9.17, 15) is 9.59 Å². The lowest BCUT2D eigenvalue weighted by atomic mass is 10.2. The molecule has 0 saturated carbocycles. The van der Waals surface area contributed by atoms with E-state index in [0.717, 1.165) is 17.2 Å². The summed E-state index contributed by atoms with van der Waals surface area (Å²) in [5.41, 5.74) is 1.75. The zero-order chi connectivity index (χ0) is 19.8. The fourth-order valence-corrected chi connectivity index (χ4v) is 3.15. The Morgan fingerprint density at radius 3 is 2.57 bits per heavy atom. The molecular weight excluding hydrogens is 360 g/mol. The number of quaternary nitrogens is 1. The monoisotopic (exact) mass is 383 g/mol. The van der Waals surface area contributed by atoms with Gasteiger partial charge in [0.15, 0.2) is 0 Å². The first-order chi connectivity index (χ1) is 13.6. The molecular formula is C21H23N2O5+. The molecule has 28 heavy (non-hydrogen) atoms. The molecule has 0 radical (unpaired) electrons. The van der Waals surface area contributed by atoms with Crippen LogP contribution >= 0.6 is 0 Å². The Morgan fingerprint density at radius 2 is 1.93 bits per heavy atom. The number of hydrogen-bond donors (Lipinski definition) is 1. The molecule has 1 aliphatic heterocycles. The highest BCUT2D eigenvalue weighted by atomic mass is 16.5. The molecule has 1 N–H and O–H groups in total. The van der Waals surface area contributed by atoms with Crippen LogP contribution in [0.15, 0.2) is 54.9 Å². The highest BCUT2D eigenvalue weighted by Gasteiger charge is 2.39. The normalized spacial score (nSPS) is 16.0. The molecule has 7 nitrogen and oxygen atoms in total. The van der Waals surface area contributed by atoms with E-state index in [0.29, 0.717) is 38.6 Å². The van der Waals surface area contributed by atoms with E-state index in [1.54, 1.807) is 36.7 Å². The Balaban J connectivity index is 1.64. The summed E-state index contributed by atoms with van der Waals surface area (Å²) in [5.74, 6) is -0.435. The van der Waals surface area contributed by atoms with Crippen LogP contribution in [0.2, 0.25) is 0 Å². The maximum Gasteiger partial charge on any atom is 0.351 e. The van der Waals surface area contributed by atoms with Crippen LogP contribution in [0.4, 0.5) is 0 Å². The summed E-state index contributed by atoms with van der Waals surface area (Å²) in [7, 11) is 0. The van der Waals surface area contributed by atoms with Crippen LogP contribution in [0.1, 0.15) is 11.1 Å². The minimum atomic E-state index is -1.00. The maximum atomic E-state index is 13.0. The molecule has 1 fully saturated rings. The Bertz CT molecular complexity index is 828. The number of hydrogen-bond acceptors (Lipinski definition) is 5. The molecule has 0 bridgehead atoms. The number of carbonyl (C=O) groups excluding carboxylic acids is 1. The van der Waals surface area contributed by atoms with Crippen LogP contribution < -0.4 is 4.74 Å². The summed E-state index contributed by atoms with van der Waals surface area (Å²) in [6, 6.07) is 10.8. The number of aliphatic carboxylic acids is 1. The summed E-state index contributed by atoms with van der Waals surface area (Å²) in [6.45, 7) is 2.82. The van der Waals surface area contributed by atoms with E-state index in [2.05, 4.69) is 4.98 Å². The average molecular weight is 383 g/mol. The van der Waals surface area contributed by atoms with Crippen molar-refractivity contribution in [2.75, 3.05) is 32.9 Å². The van der Waals surface area contributed by atoms with Crippen LogP contribution in [-0.2, 0) is 20.9 Å². The van der Waals surface area contributed by atoms with Crippen molar-refractivity contribution in [3.8, 4) is 5.75 Å². The predicted octanol–water partition coefficient (Wildman–Crippen LogP) is 2.13. The van der Waals surface area contributed by atoms with E-state index in [1.165, 1.54) is 6.08 Å². The Morgan fingerprint density at radius 1 is 1.18 bits per heavy atom. The fraction of sp³-hybridized carbons (Fsp3) is 0.286. The molecule has 3 rings (SSSR count). The van der Waals surface area contributed by atoms with Crippen molar-refractivity contribution < 1.29 is 28.7 Å². The van der Waals surface area contributed by atoms with Gasteiger partial charge in [-0.05, 0) is 29.8 Å². The number of carboxylic acids is 1. The number of amides is 1. The lowest BCUT2D eigenvalue weighted by molar-refractivity contribution is -0.876. The molecule has 0 spiro atoms. The zero-order valence-corrected chi connectivity index (χ0v) is 15.5. The van der Waals surface area contributed by atoms with E-state index < -0.39 is 5.97 Å². The lowest BCUT2D eigenvalue weighted by Crippen LogP contribution is -2.59. The number of carbonyl (C=O) groups is 2. The SMILES string of the molecule is O=C(O)/C=C/c1ccc(OCC(=O)[N+]2(Cc3cccnc3)CCOCC2)cc1. The lowest BCUT2D eigenvalue weighted by Gasteiger charge is -2.38. The quantitative estimate of drug-likeness (QED) is 0.582. The van der Waals surface area contributed by atoms with Crippen LogP contribution in [0.3, 0.4) is 0 Å². The molecule has 1 aromatic carbocycles. The number of morpholine rings is 1. The van der Waals surface area contributed by atoms with Gasteiger partial charge in [0.1, 0.15) is 25.4 Å². The van der Waals surface area contributed by atoms with Gasteiger partial charge in [-0.2, -0.15) is 0 Å². The van der Waals surface area contributed by atoms with Crippen molar-refractivity contribution in [1.29, 1.82) is 0 Å². The molecule has 2 aromatic rings. The molecule has 2 heterocycles. The minimum Gasteiger partial charge on any atom is -0.479 e. The molecule has 7 heteroatoms. The van der Waals surface area contributed by atoms with Crippen molar-refractivity contribution in [3.05, 3.63) is 66.0 Å². The number of rotatable bonds is 7. The van der Waals surface area contributed by atoms with Gasteiger partial charge in [-0.1, -0.05) is 18.2 Å². The molecule has 146 valence electrons. The van der Waals surface area contributed by atoms with Gasteiger partial charge >= 0.3 is 11.9 Å². The van der Waals surface area contributed by atoms with E-state index >= 15 is 0 Å². The average Bonchev–Trinajstić information content (AvgIpc) is 2.72. The first kappa shape index (κ1) is 19.7. The second-order valence-electron chi connectivity index (χ2n) is 6.65. The van der Waals surface area contributed by atoms with Crippen LogP contribution in [-0.4, -0.2) is 59.4 Å². The number of ether oxygens (including phenoxy) is 2. The van der Waals surface area contributed by atoms with Gasteiger partial charge in [0.05, 0.1) is 13.2 Å². The summed E-state index contributed by atoms with van der Waals surface area (Å²) in [4.78, 5) is 27.7. The predicted molar refractivity (Wildman–Crippen MR) is 102 cm³/mol. The standard InChI is InChI=1S/C21H22N2O5/c24-20(16-28-19-6-3-17(4-7-19)5-8-21(25)26)23(10-12-27-13-11-23)15-18-2-1-9-22-14-18/h1-9,14H,10-13,15-16H2/p+1/b8-5+. The highest BCUT2D eigenvalue weighted by molar-refractivity contribution is 5.85. The molecule has 0 atom stereocenters. The largest absolute Gasteiger partial charge is 0.479 e. The molecule has 1 aliphatic rings. The van der Waals surface area contributed by atoms with Gasteiger partial charge in [0.2, 0.25) is 6.61 Å². The van der Waals surface area contributed by atoms with Crippen molar-refractivity contribution in [2.45, 2.75) is 6.54 Å². The van der Waals surface area contributed by atoms with Crippen molar-refractivity contribution >= 4 is 18.0 Å². The number of nitrogens with zero attached hydrogens (tertiary/aromatic N) is 2. The van der Waals surface area contributed by atoms with Gasteiger partial charge < -0.3 is 14.6 Å². The number of pyridine rings is 1. The Labute approximate surface area is 163 Å². The van der Waals surface area contributed by atoms with Gasteiger partial charge in [0, 0.05) is 24.0 Å². The third kappa shape index (κ3) is 5.25. The third-order valence-corrected chi connectivity index (χ3v) is 4.73. The first-order valence-corrected chi connectivity index (χ1v) is 9.07. The smallest absolute Gasteiger partial charge is 0.351 e. The number of carboxylic acid groups (broad SMARTS) is 1. The summed E-state index contributed by atoms with van der Waals surface area (Å²) in [5, 5.41) is 8.66. The number of benzene rings is 1. The van der Waals surface area contributed by atoms with Gasteiger partial charge in [-0.15, -0.1) is 0 Å². The van der Waals surface area contributed by atoms with Gasteiger partial charge in [-0.25, -0.2) is 14.1 Å².